The van der Waals surface area contributed by atoms with Crippen LogP contribution in [0.3, 0.4) is 0 Å². The molecule has 0 saturated carbocycles. The van der Waals surface area contributed by atoms with Crippen molar-refractivity contribution in [2.45, 2.75) is 6.42 Å². The van der Waals surface area contributed by atoms with Crippen LogP contribution in [0.25, 0.3) is 0 Å². The maximum atomic E-state index is 10.4. The number of nitrogens with two attached hydrogens (primary N) is 1. The van der Waals surface area contributed by atoms with Crippen molar-refractivity contribution in [1.82, 2.24) is 4.72 Å². The van der Waals surface area contributed by atoms with Gasteiger partial charge in [0.1, 0.15) is 0 Å². The molecule has 0 atom stereocenters. The molecule has 0 aromatic heterocycles. The second-order valence-corrected chi connectivity index (χ2v) is 3.14. The molecule has 0 spiro atoms. The molecular formula is C4H10N2O4S. The first kappa shape index (κ1) is 10.3. The molecule has 0 aliphatic carbocycles. The summed E-state index contributed by atoms with van der Waals surface area (Å²) in [6.07, 6.45) is -0.0209. The number of esters is 1. The lowest BCUT2D eigenvalue weighted by Crippen LogP contribution is -2.32. The Labute approximate surface area is 64.9 Å². The lowest BCUT2D eigenvalue weighted by atomic mass is 10.4. The number of hydrogen-bond donors (Lipinski definition) is 2. The van der Waals surface area contributed by atoms with E-state index in [-0.39, 0.29) is 13.0 Å². The Balaban J connectivity index is 3.51. The highest BCUT2D eigenvalue weighted by Crippen LogP contribution is 1.81. The first-order chi connectivity index (χ1) is 4.95. The summed E-state index contributed by atoms with van der Waals surface area (Å²) in [5.74, 6) is -0.485. The molecule has 6 nitrogen and oxygen atoms in total. The second kappa shape index (κ2) is 4.27. The zero-order chi connectivity index (χ0) is 8.91. The molecule has 0 aromatic rings. The van der Waals surface area contributed by atoms with Crippen LogP contribution in [0.5, 0.6) is 0 Å². The van der Waals surface area contributed by atoms with E-state index in [2.05, 4.69) is 9.88 Å². The van der Waals surface area contributed by atoms with Crippen LogP contribution in [0.2, 0.25) is 0 Å². The minimum atomic E-state index is -3.69. The fourth-order valence-electron chi connectivity index (χ4n) is 0.397. The quantitative estimate of drug-likeness (QED) is 0.508. The average molecular weight is 182 g/mol. The lowest BCUT2D eigenvalue weighted by molar-refractivity contribution is -0.140. The maximum absolute atomic E-state index is 10.4. The first-order valence-corrected chi connectivity index (χ1v) is 4.34. The molecular weight excluding hydrogens is 172 g/mol. The van der Waals surface area contributed by atoms with Crippen molar-refractivity contribution in [2.75, 3.05) is 13.7 Å². The minimum Gasteiger partial charge on any atom is -0.469 e. The molecule has 0 saturated heterocycles. The number of ether oxygens (including phenoxy) is 1. The van der Waals surface area contributed by atoms with Gasteiger partial charge in [-0.3, -0.25) is 4.79 Å². The van der Waals surface area contributed by atoms with E-state index in [0.29, 0.717) is 0 Å². The van der Waals surface area contributed by atoms with Crippen LogP contribution in [-0.2, 0) is 19.7 Å². The number of carbonyl (C=O) groups is 1. The third-order valence-corrected chi connectivity index (χ3v) is 1.47. The topological polar surface area (TPSA) is 98.5 Å². The smallest absolute Gasteiger partial charge is 0.306 e. The van der Waals surface area contributed by atoms with E-state index in [1.165, 1.54) is 7.11 Å². The lowest BCUT2D eigenvalue weighted by Gasteiger charge is -1.99. The molecule has 0 aliphatic heterocycles. The van der Waals surface area contributed by atoms with Crippen LogP contribution < -0.4 is 9.86 Å². The van der Waals surface area contributed by atoms with E-state index >= 15 is 0 Å². The predicted molar refractivity (Wildman–Crippen MR) is 37.7 cm³/mol. The molecule has 0 unspecified atom stereocenters. The average Bonchev–Trinajstić information content (AvgIpc) is 1.85. The Morgan fingerprint density at radius 1 is 1.64 bits per heavy atom. The van der Waals surface area contributed by atoms with E-state index in [9.17, 15) is 13.2 Å². The van der Waals surface area contributed by atoms with Crippen molar-refractivity contribution < 1.29 is 17.9 Å². The molecule has 11 heavy (non-hydrogen) atoms. The molecule has 3 N–H and O–H groups in total. The Bertz CT molecular complexity index is 222. The summed E-state index contributed by atoms with van der Waals surface area (Å²) in [5, 5.41) is 4.57. The van der Waals surface area contributed by atoms with E-state index in [0.717, 1.165) is 0 Å². The van der Waals surface area contributed by atoms with Gasteiger partial charge in [0.05, 0.1) is 13.5 Å². The molecule has 0 bridgehead atoms. The molecule has 0 aromatic carbocycles. The van der Waals surface area contributed by atoms with Crippen LogP contribution >= 0.6 is 0 Å². The van der Waals surface area contributed by atoms with Crippen molar-refractivity contribution in [2.24, 2.45) is 5.14 Å². The van der Waals surface area contributed by atoms with Gasteiger partial charge in [-0.25, -0.2) is 9.86 Å². The van der Waals surface area contributed by atoms with Gasteiger partial charge in [0, 0.05) is 6.54 Å². The SMILES string of the molecule is COC(=O)CCNS(N)(=O)=O. The zero-order valence-electron chi connectivity index (χ0n) is 6.03. The highest BCUT2D eigenvalue weighted by atomic mass is 32.2. The largest absolute Gasteiger partial charge is 0.469 e. The van der Waals surface area contributed by atoms with Gasteiger partial charge in [0.25, 0.3) is 10.2 Å². The highest BCUT2D eigenvalue weighted by Gasteiger charge is 2.03. The van der Waals surface area contributed by atoms with Crippen LogP contribution in [0.15, 0.2) is 0 Å². The van der Waals surface area contributed by atoms with Gasteiger partial charge in [0.2, 0.25) is 0 Å². The molecule has 7 heteroatoms. The van der Waals surface area contributed by atoms with Gasteiger partial charge < -0.3 is 4.74 Å². The Morgan fingerprint density at radius 2 is 2.18 bits per heavy atom. The van der Waals surface area contributed by atoms with E-state index in [1.807, 2.05) is 4.72 Å². The third kappa shape index (κ3) is 7.23. The summed E-state index contributed by atoms with van der Waals surface area (Å²) in [4.78, 5) is 10.4. The normalized spacial score (nSPS) is 11.1. The number of hydrogen-bond acceptors (Lipinski definition) is 4. The molecule has 0 radical (unpaired) electrons. The van der Waals surface area contributed by atoms with Crippen molar-refractivity contribution >= 4 is 16.2 Å². The van der Waals surface area contributed by atoms with E-state index in [4.69, 9.17) is 0 Å². The Morgan fingerprint density at radius 3 is 2.55 bits per heavy atom. The highest BCUT2D eigenvalue weighted by molar-refractivity contribution is 7.87. The van der Waals surface area contributed by atoms with Crippen LogP contribution in [-0.4, -0.2) is 28.0 Å². The van der Waals surface area contributed by atoms with Crippen LogP contribution in [0.4, 0.5) is 0 Å². The molecule has 0 fully saturated rings. The Kier molecular flexibility index (Phi) is 4.01. The van der Waals surface area contributed by atoms with Gasteiger partial charge >= 0.3 is 5.97 Å². The number of carbonyl (C=O) groups excluding carboxylic acids is 1. The number of rotatable bonds is 4. The Hall–Kier alpha value is -0.660. The third-order valence-electron chi connectivity index (χ3n) is 0.860. The van der Waals surface area contributed by atoms with Gasteiger partial charge in [0.15, 0.2) is 0 Å². The van der Waals surface area contributed by atoms with E-state index < -0.39 is 16.2 Å². The van der Waals surface area contributed by atoms with Gasteiger partial charge in [-0.1, -0.05) is 0 Å². The van der Waals surface area contributed by atoms with Gasteiger partial charge in [-0.15, -0.1) is 0 Å². The van der Waals surface area contributed by atoms with Crippen LogP contribution in [0, 0.1) is 0 Å². The summed E-state index contributed by atoms with van der Waals surface area (Å²) >= 11 is 0. The molecule has 0 aliphatic rings. The first-order valence-electron chi connectivity index (χ1n) is 2.80. The molecule has 66 valence electrons. The molecule has 0 amide bonds. The number of methoxy groups -OCH3 is 1. The summed E-state index contributed by atoms with van der Waals surface area (Å²) in [6.45, 7) is -0.0362. The summed E-state index contributed by atoms with van der Waals surface area (Å²) in [7, 11) is -2.46. The van der Waals surface area contributed by atoms with Gasteiger partial charge in [-0.2, -0.15) is 8.42 Å². The zero-order valence-corrected chi connectivity index (χ0v) is 6.85. The van der Waals surface area contributed by atoms with Crippen molar-refractivity contribution in [3.8, 4) is 0 Å². The van der Waals surface area contributed by atoms with Gasteiger partial charge in [-0.05, 0) is 0 Å². The fourth-order valence-corrected chi connectivity index (χ4v) is 0.784. The van der Waals surface area contributed by atoms with Crippen molar-refractivity contribution in [3.63, 3.8) is 0 Å². The second-order valence-electron chi connectivity index (χ2n) is 1.77. The predicted octanol–water partition coefficient (Wildman–Crippen LogP) is -1.66. The monoisotopic (exact) mass is 182 g/mol. The molecule has 0 rings (SSSR count). The summed E-state index contributed by atoms with van der Waals surface area (Å²) in [6, 6.07) is 0. The standard InChI is InChI=1S/C4H10N2O4S/c1-10-4(7)2-3-6-11(5,8)9/h6H,2-3H2,1H3,(H2,5,8,9). The fraction of sp³-hybridized carbons (Fsp3) is 0.750. The van der Waals surface area contributed by atoms with Crippen molar-refractivity contribution in [1.29, 1.82) is 0 Å². The maximum Gasteiger partial charge on any atom is 0.306 e. The number of nitrogens with one attached hydrogen (secondary N) is 1. The summed E-state index contributed by atoms with van der Waals surface area (Å²) < 4.78 is 26.6. The summed E-state index contributed by atoms with van der Waals surface area (Å²) in [5.41, 5.74) is 0. The minimum absolute atomic E-state index is 0.0209. The van der Waals surface area contributed by atoms with Crippen molar-refractivity contribution in [3.05, 3.63) is 0 Å². The molecule has 0 heterocycles. The van der Waals surface area contributed by atoms with E-state index in [1.54, 1.807) is 0 Å². The van der Waals surface area contributed by atoms with Crippen LogP contribution in [0.1, 0.15) is 6.42 Å².